The molecule has 212 valence electrons. The first-order valence-electron chi connectivity index (χ1n) is 13.3. The Balaban J connectivity index is 1.36. The lowest BCUT2D eigenvalue weighted by atomic mass is 10.1. The summed E-state index contributed by atoms with van der Waals surface area (Å²) in [6.45, 7) is 5.65. The minimum absolute atomic E-state index is 0.108. The lowest BCUT2D eigenvalue weighted by molar-refractivity contribution is -0.114. The number of nitrogens with zero attached hydrogens (tertiary/aromatic N) is 2. The Morgan fingerprint density at radius 1 is 1.05 bits per heavy atom. The lowest BCUT2D eigenvalue weighted by Gasteiger charge is -2.31. The van der Waals surface area contributed by atoms with Crippen molar-refractivity contribution in [3.05, 3.63) is 34.2 Å². The molecule has 1 aromatic carbocycles. The van der Waals surface area contributed by atoms with Crippen LogP contribution in [-0.2, 0) is 41.9 Å². The van der Waals surface area contributed by atoms with Crippen LogP contribution in [0.1, 0.15) is 34.1 Å². The smallest absolute Gasteiger partial charge is 0.341 e. The first-order valence-corrected chi connectivity index (χ1v) is 15.5. The van der Waals surface area contributed by atoms with Crippen molar-refractivity contribution in [2.75, 3.05) is 81.3 Å². The van der Waals surface area contributed by atoms with Crippen LogP contribution in [0, 0.1) is 0 Å². The number of fused-ring (bicyclic) bond motifs is 1. The fraction of sp³-hybridized carbons (Fsp3) is 0.538. The zero-order valence-electron chi connectivity index (χ0n) is 22.0. The first-order chi connectivity index (χ1) is 18.9. The number of ether oxygens (including phenoxy) is 3. The number of aryl methyl sites for hydroxylation is 1. The quantitative estimate of drug-likeness (QED) is 0.431. The number of anilines is 3. The molecule has 0 unspecified atom stereocenters. The van der Waals surface area contributed by atoms with Crippen LogP contribution in [0.15, 0.2) is 23.1 Å². The van der Waals surface area contributed by atoms with Crippen molar-refractivity contribution in [1.29, 1.82) is 0 Å². The molecule has 13 heteroatoms. The van der Waals surface area contributed by atoms with Crippen molar-refractivity contribution in [3.63, 3.8) is 0 Å². The molecule has 2 fully saturated rings. The Labute approximate surface area is 232 Å². The number of esters is 1. The van der Waals surface area contributed by atoms with E-state index >= 15 is 0 Å². The van der Waals surface area contributed by atoms with E-state index in [4.69, 9.17) is 14.2 Å². The number of carbonyl (C=O) groups is 2. The normalized spacial score (nSPS) is 18.0. The predicted octanol–water partition coefficient (Wildman–Crippen LogP) is 2.32. The third kappa shape index (κ3) is 6.07. The molecule has 2 aromatic rings. The molecule has 1 aliphatic carbocycles. The maximum atomic E-state index is 13.3. The molecule has 3 heterocycles. The second-order valence-electron chi connectivity index (χ2n) is 9.48. The van der Waals surface area contributed by atoms with Gasteiger partial charge in [-0.15, -0.1) is 11.3 Å². The number of thiophene rings is 1. The fourth-order valence-electron chi connectivity index (χ4n) is 5.09. The summed E-state index contributed by atoms with van der Waals surface area (Å²) in [4.78, 5) is 29.1. The van der Waals surface area contributed by atoms with Crippen LogP contribution in [0.4, 0.5) is 16.4 Å². The fourth-order valence-corrected chi connectivity index (χ4v) is 7.82. The molecule has 0 atom stereocenters. The minimum Gasteiger partial charge on any atom is -0.462 e. The standard InChI is InChI=1S/C26H34N4O7S2/c1-2-37-26(32)24-19-4-3-5-22(19)38-25(24)28-23(31)17-27-20-16-18(39(33,34)30-10-14-36-15-11-30)6-7-21(20)29-8-12-35-13-9-29/h6-7,16,27H,2-5,8-15,17H2,1H3,(H,28,31). The van der Waals surface area contributed by atoms with E-state index in [0.29, 0.717) is 68.9 Å². The van der Waals surface area contributed by atoms with Gasteiger partial charge in [-0.2, -0.15) is 4.31 Å². The second kappa shape index (κ2) is 12.2. The maximum Gasteiger partial charge on any atom is 0.341 e. The topological polar surface area (TPSA) is 127 Å². The molecule has 39 heavy (non-hydrogen) atoms. The minimum atomic E-state index is -3.72. The van der Waals surface area contributed by atoms with Gasteiger partial charge < -0.3 is 29.7 Å². The molecule has 1 amide bonds. The summed E-state index contributed by atoms with van der Waals surface area (Å²) >= 11 is 1.42. The number of amides is 1. The van der Waals surface area contributed by atoms with E-state index in [1.165, 1.54) is 15.6 Å². The molecule has 3 aliphatic rings. The van der Waals surface area contributed by atoms with Crippen molar-refractivity contribution in [3.8, 4) is 0 Å². The summed E-state index contributed by atoms with van der Waals surface area (Å²) in [6.07, 6.45) is 2.66. The van der Waals surface area contributed by atoms with E-state index in [1.807, 2.05) is 0 Å². The van der Waals surface area contributed by atoms with Crippen molar-refractivity contribution in [2.45, 2.75) is 31.1 Å². The average molecular weight is 579 g/mol. The third-order valence-electron chi connectivity index (χ3n) is 7.02. The number of sulfonamides is 1. The largest absolute Gasteiger partial charge is 0.462 e. The van der Waals surface area contributed by atoms with Gasteiger partial charge in [0.1, 0.15) is 5.00 Å². The number of rotatable bonds is 9. The molecule has 2 saturated heterocycles. The molecule has 0 radical (unpaired) electrons. The van der Waals surface area contributed by atoms with Gasteiger partial charge in [0.15, 0.2) is 0 Å². The molecule has 1 aromatic heterocycles. The zero-order valence-corrected chi connectivity index (χ0v) is 23.6. The zero-order chi connectivity index (χ0) is 27.4. The Morgan fingerprint density at radius 2 is 1.77 bits per heavy atom. The SMILES string of the molecule is CCOC(=O)c1c(NC(=O)CNc2cc(S(=O)(=O)N3CCOCC3)ccc2N2CCOCC2)sc2c1CCC2. The highest BCUT2D eigenvalue weighted by Gasteiger charge is 2.30. The molecule has 0 saturated carbocycles. The average Bonchev–Trinajstić information content (AvgIpc) is 3.54. The Morgan fingerprint density at radius 3 is 2.49 bits per heavy atom. The monoisotopic (exact) mass is 578 g/mol. The highest BCUT2D eigenvalue weighted by molar-refractivity contribution is 7.89. The van der Waals surface area contributed by atoms with Crippen LogP contribution in [0.3, 0.4) is 0 Å². The predicted molar refractivity (Wildman–Crippen MR) is 148 cm³/mol. The summed E-state index contributed by atoms with van der Waals surface area (Å²) in [6, 6.07) is 4.98. The molecule has 0 bridgehead atoms. The third-order valence-corrected chi connectivity index (χ3v) is 10.1. The van der Waals surface area contributed by atoms with Crippen molar-refractivity contribution in [1.82, 2.24) is 4.31 Å². The summed E-state index contributed by atoms with van der Waals surface area (Å²) in [5, 5.41) is 6.54. The van der Waals surface area contributed by atoms with Gasteiger partial charge in [0.2, 0.25) is 15.9 Å². The lowest BCUT2D eigenvalue weighted by Crippen LogP contribution is -2.40. The number of hydrogen-bond acceptors (Lipinski definition) is 10. The second-order valence-corrected chi connectivity index (χ2v) is 12.5. The number of morpholine rings is 2. The van der Waals surface area contributed by atoms with Gasteiger partial charge in [-0.3, -0.25) is 4.79 Å². The van der Waals surface area contributed by atoms with E-state index in [2.05, 4.69) is 15.5 Å². The van der Waals surface area contributed by atoms with Gasteiger partial charge in [0, 0.05) is 31.1 Å². The molecule has 2 aliphatic heterocycles. The van der Waals surface area contributed by atoms with Crippen molar-refractivity contribution >= 4 is 49.6 Å². The van der Waals surface area contributed by atoms with Gasteiger partial charge in [0.05, 0.1) is 61.4 Å². The van der Waals surface area contributed by atoms with Crippen LogP contribution >= 0.6 is 11.3 Å². The van der Waals surface area contributed by atoms with E-state index in [9.17, 15) is 18.0 Å². The van der Waals surface area contributed by atoms with Gasteiger partial charge in [-0.25, -0.2) is 13.2 Å². The number of benzene rings is 1. The van der Waals surface area contributed by atoms with Gasteiger partial charge in [-0.1, -0.05) is 0 Å². The van der Waals surface area contributed by atoms with Crippen LogP contribution < -0.4 is 15.5 Å². The van der Waals surface area contributed by atoms with Crippen LogP contribution in [0.25, 0.3) is 0 Å². The number of hydrogen-bond donors (Lipinski definition) is 2. The van der Waals surface area contributed by atoms with E-state index in [0.717, 1.165) is 35.4 Å². The van der Waals surface area contributed by atoms with E-state index < -0.39 is 16.0 Å². The summed E-state index contributed by atoms with van der Waals surface area (Å²) in [7, 11) is -3.72. The summed E-state index contributed by atoms with van der Waals surface area (Å²) < 4.78 is 44.1. The number of nitrogens with one attached hydrogen (secondary N) is 2. The van der Waals surface area contributed by atoms with Gasteiger partial charge in [-0.05, 0) is 49.9 Å². The van der Waals surface area contributed by atoms with Gasteiger partial charge >= 0.3 is 5.97 Å². The van der Waals surface area contributed by atoms with E-state index in [-0.39, 0.29) is 24.0 Å². The summed E-state index contributed by atoms with van der Waals surface area (Å²) in [5.74, 6) is -0.759. The highest BCUT2D eigenvalue weighted by Crippen LogP contribution is 2.39. The maximum absolute atomic E-state index is 13.3. The van der Waals surface area contributed by atoms with Gasteiger partial charge in [0.25, 0.3) is 0 Å². The molecular formula is C26H34N4O7S2. The first kappa shape index (κ1) is 27.8. The van der Waals surface area contributed by atoms with Crippen molar-refractivity contribution in [2.24, 2.45) is 0 Å². The summed E-state index contributed by atoms with van der Waals surface area (Å²) in [5.41, 5.74) is 2.77. The Kier molecular flexibility index (Phi) is 8.72. The Bertz CT molecular complexity index is 1320. The molecule has 2 N–H and O–H groups in total. The van der Waals surface area contributed by atoms with Crippen LogP contribution in [0.2, 0.25) is 0 Å². The van der Waals surface area contributed by atoms with Crippen LogP contribution in [0.5, 0.6) is 0 Å². The molecule has 0 spiro atoms. The molecule has 5 rings (SSSR count). The Hall–Kier alpha value is -2.71. The van der Waals surface area contributed by atoms with Crippen molar-refractivity contribution < 1.29 is 32.2 Å². The van der Waals surface area contributed by atoms with E-state index in [1.54, 1.807) is 25.1 Å². The molecular weight excluding hydrogens is 544 g/mol. The van der Waals surface area contributed by atoms with Crippen LogP contribution in [-0.4, -0.2) is 90.4 Å². The number of carbonyl (C=O) groups excluding carboxylic acids is 2. The molecule has 11 nitrogen and oxygen atoms in total. The highest BCUT2D eigenvalue weighted by atomic mass is 32.2.